The number of benzene rings is 3. The highest BCUT2D eigenvalue weighted by Crippen LogP contribution is 2.44. The largest absolute Gasteiger partial charge is 0.497 e. The number of nitrogens with zero attached hydrogens (tertiary/aromatic N) is 3. The van der Waals surface area contributed by atoms with E-state index in [4.69, 9.17) is 16.3 Å². The normalized spacial score (nSPS) is 17.3. The molecule has 1 unspecified atom stereocenters. The number of hydrazine groups is 1. The summed E-state index contributed by atoms with van der Waals surface area (Å²) in [6, 6.07) is 21.3. The highest BCUT2D eigenvalue weighted by Gasteiger charge is 2.40. The Labute approximate surface area is 213 Å². The first kappa shape index (κ1) is 26.8. The summed E-state index contributed by atoms with van der Waals surface area (Å²) >= 11 is 0. The van der Waals surface area contributed by atoms with E-state index in [-0.39, 0.29) is 5.82 Å². The quantitative estimate of drug-likeness (QED) is 0.213. The number of hydrogen-bond donors (Lipinski definition) is 2. The molecule has 1 aliphatic heterocycles. The van der Waals surface area contributed by atoms with Gasteiger partial charge in [0.2, 0.25) is 0 Å². The minimum absolute atomic E-state index is 0.243. The van der Waals surface area contributed by atoms with Gasteiger partial charge in [-0.05, 0) is 78.1 Å². The molecule has 0 fully saturated rings. The molecule has 0 aromatic heterocycles. The lowest BCUT2D eigenvalue weighted by Crippen LogP contribution is -2.49. The number of hydrogen-bond acceptors (Lipinski definition) is 5. The molecule has 0 bridgehead atoms. The van der Waals surface area contributed by atoms with E-state index in [0.717, 1.165) is 35.5 Å². The molecule has 0 amide bonds. The van der Waals surface area contributed by atoms with E-state index in [2.05, 4.69) is 53.3 Å². The summed E-state index contributed by atoms with van der Waals surface area (Å²) in [5, 5.41) is 5.13. The fraction of sp³-hybridized carbons (Fsp3) is 0.276. The molecule has 0 radical (unpaired) electrons. The first-order valence-electron chi connectivity index (χ1n) is 12.1. The third kappa shape index (κ3) is 5.69. The van der Waals surface area contributed by atoms with Crippen LogP contribution in [0.15, 0.2) is 77.9 Å². The lowest BCUT2D eigenvalue weighted by molar-refractivity contribution is 0.372. The van der Waals surface area contributed by atoms with E-state index in [0.29, 0.717) is 5.84 Å². The molecule has 0 spiro atoms. The third-order valence-corrected chi connectivity index (χ3v) is 6.31. The molecular formula is C29H36FN5O. The van der Waals surface area contributed by atoms with Crippen molar-refractivity contribution in [3.05, 3.63) is 101 Å². The molecule has 1 atom stereocenters. The van der Waals surface area contributed by atoms with Gasteiger partial charge in [-0.25, -0.2) is 15.4 Å². The number of ether oxygens (including phenoxy) is 1. The van der Waals surface area contributed by atoms with E-state index in [9.17, 15) is 4.39 Å². The molecule has 1 aliphatic rings. The Morgan fingerprint density at radius 3 is 2.36 bits per heavy atom. The Morgan fingerprint density at radius 1 is 1.08 bits per heavy atom. The van der Waals surface area contributed by atoms with Gasteiger partial charge in [0.05, 0.1) is 12.6 Å². The smallest absolute Gasteiger partial charge is 0.145 e. The van der Waals surface area contributed by atoms with Gasteiger partial charge in [-0.15, -0.1) is 5.10 Å². The maximum atomic E-state index is 13.7. The van der Waals surface area contributed by atoms with E-state index in [1.54, 1.807) is 20.2 Å². The van der Waals surface area contributed by atoms with Gasteiger partial charge >= 0.3 is 0 Å². The zero-order chi connectivity index (χ0) is 26.3. The number of halogens is 1. The Hall–Kier alpha value is -3.84. The van der Waals surface area contributed by atoms with Crippen molar-refractivity contribution in [3.8, 4) is 5.75 Å². The SMILES string of the molecule is CC.COc1ccc2c(c1)CCN(c1ccc(F)cc1)C2(C)c1ccc(/C=C/C(N)=N/N(C)N)cc1. The van der Waals surface area contributed by atoms with Crippen LogP contribution in [0.2, 0.25) is 0 Å². The topological polar surface area (TPSA) is 80.1 Å². The van der Waals surface area contributed by atoms with Gasteiger partial charge in [0.15, 0.2) is 0 Å². The molecule has 3 aromatic carbocycles. The summed E-state index contributed by atoms with van der Waals surface area (Å²) < 4.78 is 19.1. The number of hydrazone groups is 1. The van der Waals surface area contributed by atoms with Crippen molar-refractivity contribution in [1.29, 1.82) is 0 Å². The van der Waals surface area contributed by atoms with Gasteiger partial charge in [0.25, 0.3) is 0 Å². The molecule has 4 rings (SSSR count). The summed E-state index contributed by atoms with van der Waals surface area (Å²) in [4.78, 5) is 2.34. The zero-order valence-electron chi connectivity index (χ0n) is 21.7. The van der Waals surface area contributed by atoms with Crippen LogP contribution in [0, 0.1) is 5.82 Å². The van der Waals surface area contributed by atoms with E-state index in [1.807, 2.05) is 38.1 Å². The van der Waals surface area contributed by atoms with E-state index in [1.165, 1.54) is 28.4 Å². The molecule has 3 aromatic rings. The van der Waals surface area contributed by atoms with Crippen molar-refractivity contribution < 1.29 is 9.13 Å². The molecular weight excluding hydrogens is 453 g/mol. The van der Waals surface area contributed by atoms with Crippen molar-refractivity contribution in [1.82, 2.24) is 5.12 Å². The number of anilines is 1. The van der Waals surface area contributed by atoms with Crippen LogP contribution in [0.25, 0.3) is 6.08 Å². The maximum Gasteiger partial charge on any atom is 0.145 e. The van der Waals surface area contributed by atoms with E-state index >= 15 is 0 Å². The van der Waals surface area contributed by atoms with E-state index < -0.39 is 5.54 Å². The number of fused-ring (bicyclic) bond motifs is 1. The minimum Gasteiger partial charge on any atom is -0.497 e. The third-order valence-electron chi connectivity index (χ3n) is 6.31. The second kappa shape index (κ2) is 11.7. The van der Waals surface area contributed by atoms with Crippen LogP contribution in [0.5, 0.6) is 5.75 Å². The van der Waals surface area contributed by atoms with Crippen LogP contribution in [-0.4, -0.2) is 31.7 Å². The maximum absolute atomic E-state index is 13.7. The van der Waals surface area contributed by atoms with Crippen LogP contribution >= 0.6 is 0 Å². The van der Waals surface area contributed by atoms with Gasteiger partial charge in [-0.1, -0.05) is 50.3 Å². The summed E-state index contributed by atoms with van der Waals surface area (Å²) in [6.45, 7) is 7.01. The van der Waals surface area contributed by atoms with Crippen LogP contribution in [0.1, 0.15) is 43.0 Å². The Bertz CT molecular complexity index is 1210. The Morgan fingerprint density at radius 2 is 1.75 bits per heavy atom. The first-order chi connectivity index (χ1) is 17.3. The molecule has 4 N–H and O–H groups in total. The van der Waals surface area contributed by atoms with Gasteiger partial charge in [0, 0.05) is 19.3 Å². The summed E-state index contributed by atoms with van der Waals surface area (Å²) in [5.74, 6) is 6.43. The fourth-order valence-corrected chi connectivity index (χ4v) is 4.62. The molecule has 6 nitrogen and oxygen atoms in total. The predicted molar refractivity (Wildman–Crippen MR) is 147 cm³/mol. The molecule has 0 saturated heterocycles. The van der Waals surface area contributed by atoms with Crippen molar-refractivity contribution >= 4 is 17.6 Å². The van der Waals surface area contributed by atoms with Crippen LogP contribution < -0.4 is 21.2 Å². The molecule has 0 saturated carbocycles. The molecule has 1 heterocycles. The number of rotatable bonds is 6. The van der Waals surface area contributed by atoms with Gasteiger partial charge in [-0.3, -0.25) is 0 Å². The lowest BCUT2D eigenvalue weighted by Gasteiger charge is -2.48. The standard InChI is InChI=1S/C27H30FN5O.C2H6/c1-27(21-7-4-19(5-8-21)6-15-26(29)31-32(2)30)25-14-13-24(34-3)18-20(25)16-17-33(27)23-11-9-22(28)10-12-23;1-2/h4-15,18H,16-17,30H2,1-3H3,(H2,29,31);1-2H3/b15-6+;. The van der Waals surface area contributed by atoms with Crippen molar-refractivity contribution in [2.75, 3.05) is 25.6 Å². The van der Waals surface area contributed by atoms with Crippen molar-refractivity contribution in [2.24, 2.45) is 16.7 Å². The van der Waals surface area contributed by atoms with Gasteiger partial charge in [-0.2, -0.15) is 0 Å². The molecule has 0 aliphatic carbocycles. The average molecular weight is 490 g/mol. The van der Waals surface area contributed by atoms with Gasteiger partial charge < -0.3 is 15.4 Å². The number of nitrogens with two attached hydrogens (primary N) is 2. The van der Waals surface area contributed by atoms with Crippen LogP contribution in [-0.2, 0) is 12.0 Å². The number of amidine groups is 1. The molecule has 36 heavy (non-hydrogen) atoms. The fourth-order valence-electron chi connectivity index (χ4n) is 4.62. The highest BCUT2D eigenvalue weighted by atomic mass is 19.1. The molecule has 7 heteroatoms. The first-order valence-corrected chi connectivity index (χ1v) is 12.1. The van der Waals surface area contributed by atoms with Crippen molar-refractivity contribution in [3.63, 3.8) is 0 Å². The monoisotopic (exact) mass is 489 g/mol. The highest BCUT2D eigenvalue weighted by molar-refractivity contribution is 5.94. The zero-order valence-corrected chi connectivity index (χ0v) is 21.7. The van der Waals surface area contributed by atoms with Gasteiger partial charge in [0.1, 0.15) is 17.4 Å². The average Bonchev–Trinajstić information content (AvgIpc) is 2.89. The predicted octanol–water partition coefficient (Wildman–Crippen LogP) is 5.28. The second-order valence-corrected chi connectivity index (χ2v) is 8.53. The Balaban J connectivity index is 0.00000176. The Kier molecular flexibility index (Phi) is 8.72. The molecule has 190 valence electrons. The van der Waals surface area contributed by atoms with Crippen LogP contribution in [0.3, 0.4) is 0 Å². The second-order valence-electron chi connectivity index (χ2n) is 8.53. The lowest BCUT2D eigenvalue weighted by atomic mass is 9.76. The van der Waals surface area contributed by atoms with Crippen LogP contribution in [0.4, 0.5) is 10.1 Å². The van der Waals surface area contributed by atoms with Crippen molar-refractivity contribution in [2.45, 2.75) is 32.7 Å². The summed E-state index contributed by atoms with van der Waals surface area (Å²) in [6.07, 6.45) is 4.48. The summed E-state index contributed by atoms with van der Waals surface area (Å²) in [5.41, 5.74) is 10.9. The minimum atomic E-state index is -0.456. The summed E-state index contributed by atoms with van der Waals surface area (Å²) in [7, 11) is 3.30. The number of methoxy groups -OCH3 is 1.